The summed E-state index contributed by atoms with van der Waals surface area (Å²) in [7, 11) is 0. The highest BCUT2D eigenvalue weighted by Gasteiger charge is 2.85. The Morgan fingerprint density at radius 3 is 2.57 bits per heavy atom. The van der Waals surface area contributed by atoms with E-state index in [0.29, 0.717) is 12.3 Å². The molecule has 3 rings (SSSR count). The van der Waals surface area contributed by atoms with Crippen LogP contribution >= 0.6 is 0 Å². The number of hydrogen-bond acceptors (Lipinski definition) is 4. The molecule has 0 bridgehead atoms. The molecule has 2 saturated carbocycles. The number of carbonyl (C=O) groups is 2. The normalized spacial score (nSPS) is 36.0. The Hall–Kier alpha value is -1.78. The third kappa shape index (κ3) is 1.46. The fourth-order valence-electron chi connectivity index (χ4n) is 4.66. The van der Waals surface area contributed by atoms with Gasteiger partial charge in [-0.05, 0) is 35.8 Å². The van der Waals surface area contributed by atoms with Crippen LogP contribution in [-0.2, 0) is 16.1 Å². The second kappa shape index (κ2) is 4.12. The molecule has 2 aliphatic carbocycles. The van der Waals surface area contributed by atoms with Gasteiger partial charge in [0, 0.05) is 17.3 Å². The Morgan fingerprint density at radius 1 is 1.43 bits per heavy atom. The third-order valence-electron chi connectivity index (χ3n) is 6.36. The van der Waals surface area contributed by atoms with E-state index in [2.05, 4.69) is 5.32 Å². The van der Waals surface area contributed by atoms with Crippen molar-refractivity contribution in [3.8, 4) is 0 Å². The molecular weight excluding hydrogens is 270 g/mol. The molecule has 0 aliphatic heterocycles. The molecule has 1 N–H and O–H groups in total. The van der Waals surface area contributed by atoms with Crippen molar-refractivity contribution in [3.05, 3.63) is 24.2 Å². The first kappa shape index (κ1) is 14.2. The first-order chi connectivity index (χ1) is 9.79. The topological polar surface area (TPSA) is 82.4 Å². The Bertz CT molecular complexity index is 591. The lowest BCUT2D eigenvalue weighted by Crippen LogP contribution is -2.47. The van der Waals surface area contributed by atoms with E-state index in [0.717, 1.165) is 12.8 Å². The van der Waals surface area contributed by atoms with E-state index in [4.69, 9.17) is 4.42 Å². The predicted molar refractivity (Wildman–Crippen MR) is 72.6 cm³/mol. The molecule has 3 unspecified atom stereocenters. The van der Waals surface area contributed by atoms with Crippen LogP contribution in [-0.4, -0.2) is 11.9 Å². The van der Waals surface area contributed by atoms with Crippen LogP contribution in [0.2, 0.25) is 0 Å². The molecule has 21 heavy (non-hydrogen) atoms. The summed E-state index contributed by atoms with van der Waals surface area (Å²) in [6, 6.07) is 3.56. The molecule has 114 valence electrons. The average molecular weight is 290 g/mol. The molecule has 1 aromatic heterocycles. The second-order valence-corrected chi connectivity index (χ2v) is 6.90. The monoisotopic (exact) mass is 290 g/mol. The van der Waals surface area contributed by atoms with Crippen LogP contribution in [0, 0.1) is 22.2 Å². The van der Waals surface area contributed by atoms with Gasteiger partial charge in [0.1, 0.15) is 5.76 Å². The summed E-state index contributed by atoms with van der Waals surface area (Å²) < 4.78 is 5.18. The first-order valence-electron chi connectivity index (χ1n) is 7.30. The van der Waals surface area contributed by atoms with Crippen LogP contribution in [0.1, 0.15) is 39.4 Å². The number of hydrogen-bond donors (Lipinski definition) is 1. The summed E-state index contributed by atoms with van der Waals surface area (Å²) in [4.78, 5) is 24.0. The minimum atomic E-state index is -1.05. The number of furan rings is 1. The van der Waals surface area contributed by atoms with E-state index in [1.165, 1.54) is 0 Å². The van der Waals surface area contributed by atoms with Crippen molar-refractivity contribution in [3.63, 3.8) is 0 Å². The Kier molecular flexibility index (Phi) is 2.78. The summed E-state index contributed by atoms with van der Waals surface area (Å²) >= 11 is 0. The number of aliphatic carboxylic acids is 1. The van der Waals surface area contributed by atoms with Gasteiger partial charge in [0.25, 0.3) is 0 Å². The molecule has 2 aliphatic rings. The van der Waals surface area contributed by atoms with Crippen LogP contribution < -0.4 is 10.4 Å². The van der Waals surface area contributed by atoms with Crippen LogP contribution in [0.15, 0.2) is 22.8 Å². The molecular formula is C16H20NO4-. The van der Waals surface area contributed by atoms with Crippen molar-refractivity contribution in [1.29, 1.82) is 0 Å². The molecule has 2 fully saturated rings. The zero-order valence-electron chi connectivity index (χ0n) is 12.6. The van der Waals surface area contributed by atoms with Gasteiger partial charge < -0.3 is 19.6 Å². The van der Waals surface area contributed by atoms with E-state index < -0.39 is 22.2 Å². The maximum atomic E-state index is 12.4. The number of amides is 1. The van der Waals surface area contributed by atoms with Crippen molar-refractivity contribution >= 4 is 11.9 Å². The van der Waals surface area contributed by atoms with E-state index >= 15 is 0 Å². The van der Waals surface area contributed by atoms with Gasteiger partial charge in [-0.2, -0.15) is 0 Å². The molecule has 0 saturated heterocycles. The summed E-state index contributed by atoms with van der Waals surface area (Å²) in [5, 5.41) is 14.4. The lowest BCUT2D eigenvalue weighted by molar-refractivity contribution is -0.316. The van der Waals surface area contributed by atoms with Crippen LogP contribution in [0.5, 0.6) is 0 Å². The number of carboxylic acids is 1. The molecule has 1 aromatic rings. The summed E-state index contributed by atoms with van der Waals surface area (Å²) in [6.45, 7) is 5.90. The number of carbonyl (C=O) groups excluding carboxylic acids is 2. The van der Waals surface area contributed by atoms with E-state index in [1.807, 2.05) is 13.8 Å². The van der Waals surface area contributed by atoms with Crippen molar-refractivity contribution in [1.82, 2.24) is 5.32 Å². The fraction of sp³-hybridized carbons (Fsp3) is 0.625. The Balaban J connectivity index is 1.73. The van der Waals surface area contributed by atoms with Gasteiger partial charge in [-0.25, -0.2) is 0 Å². The first-order valence-corrected chi connectivity index (χ1v) is 7.30. The quantitative estimate of drug-likeness (QED) is 0.899. The molecule has 5 nitrogen and oxygen atoms in total. The minimum absolute atomic E-state index is 0.0873. The highest BCUT2D eigenvalue weighted by atomic mass is 16.4. The zero-order chi connectivity index (χ0) is 15.5. The Morgan fingerprint density at radius 2 is 2.14 bits per heavy atom. The van der Waals surface area contributed by atoms with Gasteiger partial charge in [0.05, 0.1) is 12.8 Å². The standard InChI is InChI=1S/C16H21NO4/c1-14(2)15(3,13(19)20)16(14)7-6-11(16)12(18)17-9-10-5-4-8-21-10/h4-5,8,11H,6-7,9H2,1-3H3,(H,17,18)(H,19,20)/p-1. The van der Waals surface area contributed by atoms with Gasteiger partial charge in [0.15, 0.2) is 0 Å². The van der Waals surface area contributed by atoms with Gasteiger partial charge >= 0.3 is 0 Å². The van der Waals surface area contributed by atoms with Crippen molar-refractivity contribution in [2.45, 2.75) is 40.2 Å². The van der Waals surface area contributed by atoms with Crippen molar-refractivity contribution in [2.24, 2.45) is 22.2 Å². The summed E-state index contributed by atoms with van der Waals surface area (Å²) in [6.07, 6.45) is 3.06. The molecule has 1 heterocycles. The van der Waals surface area contributed by atoms with Crippen molar-refractivity contribution in [2.75, 3.05) is 0 Å². The number of rotatable bonds is 4. The number of nitrogens with one attached hydrogen (secondary N) is 1. The largest absolute Gasteiger partial charge is 0.550 e. The smallest absolute Gasteiger partial charge is 0.224 e. The molecule has 3 atom stereocenters. The summed E-state index contributed by atoms with van der Waals surface area (Å²) in [5.74, 6) is -0.702. The third-order valence-corrected chi connectivity index (χ3v) is 6.36. The highest BCUT2D eigenvalue weighted by molar-refractivity contribution is 5.88. The van der Waals surface area contributed by atoms with E-state index in [1.54, 1.807) is 25.3 Å². The maximum Gasteiger partial charge on any atom is 0.224 e. The van der Waals surface area contributed by atoms with Gasteiger partial charge in [-0.3, -0.25) is 4.79 Å². The van der Waals surface area contributed by atoms with E-state index in [-0.39, 0.29) is 11.8 Å². The second-order valence-electron chi connectivity index (χ2n) is 6.90. The lowest BCUT2D eigenvalue weighted by Gasteiger charge is -2.41. The zero-order valence-corrected chi connectivity index (χ0v) is 12.6. The maximum absolute atomic E-state index is 12.4. The van der Waals surface area contributed by atoms with Gasteiger partial charge in [0.2, 0.25) is 5.91 Å². The van der Waals surface area contributed by atoms with Crippen LogP contribution in [0.25, 0.3) is 0 Å². The molecule has 1 spiro atoms. The Labute approximate surface area is 123 Å². The molecule has 1 amide bonds. The summed E-state index contributed by atoms with van der Waals surface area (Å²) in [5.41, 5.74) is -1.80. The molecule has 5 heteroatoms. The van der Waals surface area contributed by atoms with Crippen LogP contribution in [0.3, 0.4) is 0 Å². The van der Waals surface area contributed by atoms with E-state index in [9.17, 15) is 14.7 Å². The van der Waals surface area contributed by atoms with Crippen molar-refractivity contribution < 1.29 is 19.1 Å². The van der Waals surface area contributed by atoms with Gasteiger partial charge in [-0.15, -0.1) is 0 Å². The fourth-order valence-corrected chi connectivity index (χ4v) is 4.66. The SMILES string of the molecule is CC1(C)C(C)(C(=O)[O-])C12CCC2C(=O)NCc1ccco1. The number of carboxylic acid groups (broad SMARTS) is 1. The molecule has 0 radical (unpaired) electrons. The van der Waals surface area contributed by atoms with Gasteiger partial charge in [-0.1, -0.05) is 20.8 Å². The predicted octanol–water partition coefficient (Wildman–Crippen LogP) is 1.09. The van der Waals surface area contributed by atoms with Crippen LogP contribution in [0.4, 0.5) is 0 Å². The highest BCUT2D eigenvalue weighted by Crippen LogP contribution is 2.86. The molecule has 0 aromatic carbocycles. The lowest BCUT2D eigenvalue weighted by atomic mass is 9.63. The average Bonchev–Trinajstić information content (AvgIpc) is 2.73. The minimum Gasteiger partial charge on any atom is -0.550 e.